The molecule has 1 fully saturated rings. The summed E-state index contributed by atoms with van der Waals surface area (Å²) in [5.41, 5.74) is 0.778. The van der Waals surface area contributed by atoms with Crippen LogP contribution in [0.15, 0.2) is 23.1 Å². The van der Waals surface area contributed by atoms with Crippen molar-refractivity contribution < 1.29 is 18.5 Å². The molecule has 1 aliphatic rings. The summed E-state index contributed by atoms with van der Waals surface area (Å²) in [4.78, 5) is 23.3. The van der Waals surface area contributed by atoms with Crippen LogP contribution in [0, 0.1) is 5.92 Å². The van der Waals surface area contributed by atoms with Gasteiger partial charge in [0, 0.05) is 19.5 Å². The van der Waals surface area contributed by atoms with Gasteiger partial charge in [0.1, 0.15) is 22.9 Å². The lowest BCUT2D eigenvalue weighted by Crippen LogP contribution is -2.33. The van der Waals surface area contributed by atoms with Gasteiger partial charge in [-0.05, 0) is 56.2 Å². The number of ether oxygens (including phenoxy) is 1. The minimum atomic E-state index is -1.49. The Bertz CT molecular complexity index is 704. The summed E-state index contributed by atoms with van der Waals surface area (Å²) < 4.78 is 20.5. The molecule has 170 valence electrons. The van der Waals surface area contributed by atoms with Crippen LogP contribution in [0.2, 0.25) is 5.02 Å². The van der Waals surface area contributed by atoms with Crippen LogP contribution in [0.3, 0.4) is 0 Å². The third kappa shape index (κ3) is 11.8. The zero-order chi connectivity index (χ0) is 22.5. The summed E-state index contributed by atoms with van der Waals surface area (Å²) in [6.07, 6.45) is 4.51. The van der Waals surface area contributed by atoms with E-state index in [0.717, 1.165) is 37.2 Å². The van der Waals surface area contributed by atoms with Gasteiger partial charge in [0.25, 0.3) is 0 Å². The predicted octanol–water partition coefficient (Wildman–Crippen LogP) is 3.82. The van der Waals surface area contributed by atoms with Crippen molar-refractivity contribution in [2.75, 3.05) is 19.6 Å². The molecule has 6 nitrogen and oxygen atoms in total. The number of hydrogen-bond donors (Lipinski definition) is 2. The Labute approximate surface area is 188 Å². The molecule has 1 aliphatic carbocycles. The normalized spacial score (nSPS) is 14.9. The fraction of sp³-hybridized carbons (Fsp3) is 0.636. The Balaban J connectivity index is 0.00000103. The van der Waals surface area contributed by atoms with Crippen molar-refractivity contribution in [1.82, 2.24) is 10.0 Å². The van der Waals surface area contributed by atoms with E-state index in [2.05, 4.69) is 30.8 Å². The second kappa shape index (κ2) is 14.7. The number of benzene rings is 1. The van der Waals surface area contributed by atoms with Crippen molar-refractivity contribution in [3.63, 3.8) is 0 Å². The van der Waals surface area contributed by atoms with Gasteiger partial charge in [-0.25, -0.2) is 8.93 Å². The number of esters is 1. The van der Waals surface area contributed by atoms with Crippen LogP contribution in [0.4, 0.5) is 0 Å². The van der Waals surface area contributed by atoms with E-state index in [1.807, 2.05) is 0 Å². The molecule has 0 amide bonds. The maximum absolute atomic E-state index is 12.3. The maximum atomic E-state index is 12.3. The van der Waals surface area contributed by atoms with Gasteiger partial charge in [-0.1, -0.05) is 38.4 Å². The lowest BCUT2D eigenvalue weighted by atomic mass is 10.1. The first kappa shape index (κ1) is 26.8. The number of ketones is 1. The molecular weight excluding hydrogens is 424 g/mol. The van der Waals surface area contributed by atoms with Crippen molar-refractivity contribution in [1.29, 1.82) is 0 Å². The van der Waals surface area contributed by atoms with Crippen LogP contribution in [-0.4, -0.2) is 41.7 Å². The number of halogens is 1. The summed E-state index contributed by atoms with van der Waals surface area (Å²) in [6, 6.07) is 5.08. The van der Waals surface area contributed by atoms with Crippen molar-refractivity contribution in [3.05, 3.63) is 28.8 Å². The summed E-state index contributed by atoms with van der Waals surface area (Å²) in [5.74, 6) is 0.615. The van der Waals surface area contributed by atoms with Gasteiger partial charge in [-0.2, -0.15) is 0 Å². The topological polar surface area (TPSA) is 84.5 Å². The Morgan fingerprint density at radius 3 is 2.43 bits per heavy atom. The van der Waals surface area contributed by atoms with Crippen molar-refractivity contribution >= 4 is 34.3 Å². The van der Waals surface area contributed by atoms with Gasteiger partial charge in [0.05, 0.1) is 16.5 Å². The Kier molecular flexibility index (Phi) is 13.1. The Hall–Kier alpha value is -1.28. The maximum Gasteiger partial charge on any atom is 0.320 e. The summed E-state index contributed by atoms with van der Waals surface area (Å²) in [7, 11) is -1.49. The molecule has 30 heavy (non-hydrogen) atoms. The van der Waals surface area contributed by atoms with Crippen LogP contribution in [0.1, 0.15) is 58.9 Å². The van der Waals surface area contributed by atoms with Gasteiger partial charge >= 0.3 is 5.97 Å². The number of nitrogens with one attached hydrogen (secondary N) is 2. The fourth-order valence-electron chi connectivity index (χ4n) is 2.82. The fourth-order valence-corrected chi connectivity index (χ4v) is 4.10. The van der Waals surface area contributed by atoms with Gasteiger partial charge in [0.2, 0.25) is 0 Å². The molecule has 1 atom stereocenters. The molecule has 0 spiro atoms. The highest BCUT2D eigenvalue weighted by Crippen LogP contribution is 2.21. The first-order chi connectivity index (χ1) is 14.2. The molecule has 8 heteroatoms. The zero-order valence-electron chi connectivity index (χ0n) is 18.5. The standard InChI is InChI=1S/C18H25ClN2O4S.C4H10/c1-13(22)10-14-6-7-16(19)17(11-14)26(24)21-9-8-20-12-18(23)25-15-4-2-3-5-15;1-4(2)3/h6-7,11,15,20-21H,2-5,8-10,12H2,1H3;4H,1-3H3. The lowest BCUT2D eigenvalue weighted by molar-refractivity contribution is -0.147. The summed E-state index contributed by atoms with van der Waals surface area (Å²) in [6.45, 7) is 9.01. The molecule has 2 N–H and O–H groups in total. The molecule has 0 radical (unpaired) electrons. The molecule has 0 saturated heterocycles. The number of rotatable bonds is 10. The highest BCUT2D eigenvalue weighted by Gasteiger charge is 2.18. The minimum Gasteiger partial charge on any atom is -0.461 e. The van der Waals surface area contributed by atoms with E-state index in [1.54, 1.807) is 18.2 Å². The van der Waals surface area contributed by atoms with Crippen LogP contribution in [-0.2, 0) is 31.7 Å². The van der Waals surface area contributed by atoms with Crippen LogP contribution in [0.25, 0.3) is 0 Å². The predicted molar refractivity (Wildman–Crippen MR) is 122 cm³/mol. The molecule has 1 unspecified atom stereocenters. The van der Waals surface area contributed by atoms with E-state index in [9.17, 15) is 13.8 Å². The highest BCUT2D eigenvalue weighted by atomic mass is 35.5. The third-order valence-electron chi connectivity index (χ3n) is 4.05. The minimum absolute atomic E-state index is 0.0331. The molecule has 0 aromatic heterocycles. The molecule has 1 aromatic rings. The number of hydrogen-bond acceptors (Lipinski definition) is 5. The zero-order valence-corrected chi connectivity index (χ0v) is 20.0. The molecule has 0 aliphatic heterocycles. The number of carbonyl (C=O) groups excluding carboxylic acids is 2. The third-order valence-corrected chi connectivity index (χ3v) is 5.70. The van der Waals surface area contributed by atoms with Gasteiger partial charge in [-0.3, -0.25) is 9.59 Å². The molecule has 1 aromatic carbocycles. The monoisotopic (exact) mass is 458 g/mol. The van der Waals surface area contributed by atoms with Crippen LogP contribution >= 0.6 is 11.6 Å². The van der Waals surface area contributed by atoms with E-state index in [0.29, 0.717) is 23.0 Å². The average molecular weight is 459 g/mol. The molecular formula is C22H35ClN2O4S. The first-order valence-corrected chi connectivity index (χ1v) is 12.0. The van der Waals surface area contributed by atoms with E-state index < -0.39 is 11.0 Å². The average Bonchev–Trinajstić information content (AvgIpc) is 3.15. The van der Waals surface area contributed by atoms with Gasteiger partial charge in [0.15, 0.2) is 0 Å². The number of Topliss-reactive ketones (excluding diaryl/α,β-unsaturated/α-hetero) is 1. The summed E-state index contributed by atoms with van der Waals surface area (Å²) >= 11 is 6.10. The van der Waals surface area contributed by atoms with E-state index in [-0.39, 0.29) is 30.8 Å². The molecule has 0 heterocycles. The largest absolute Gasteiger partial charge is 0.461 e. The smallest absolute Gasteiger partial charge is 0.320 e. The first-order valence-electron chi connectivity index (χ1n) is 10.5. The Morgan fingerprint density at radius 2 is 1.83 bits per heavy atom. The highest BCUT2D eigenvalue weighted by molar-refractivity contribution is 7.83. The van der Waals surface area contributed by atoms with Crippen molar-refractivity contribution in [3.8, 4) is 0 Å². The van der Waals surface area contributed by atoms with Gasteiger partial charge < -0.3 is 10.1 Å². The van der Waals surface area contributed by atoms with Crippen molar-refractivity contribution in [2.45, 2.75) is 70.8 Å². The molecule has 2 rings (SSSR count). The quantitative estimate of drug-likeness (QED) is 0.411. The van der Waals surface area contributed by atoms with Crippen LogP contribution in [0.5, 0.6) is 0 Å². The lowest BCUT2D eigenvalue weighted by Gasteiger charge is -2.12. The Morgan fingerprint density at radius 1 is 1.20 bits per heavy atom. The molecule has 0 bridgehead atoms. The van der Waals surface area contributed by atoms with Crippen LogP contribution < -0.4 is 10.0 Å². The van der Waals surface area contributed by atoms with E-state index >= 15 is 0 Å². The number of carbonyl (C=O) groups is 2. The van der Waals surface area contributed by atoms with E-state index in [1.165, 1.54) is 6.92 Å². The second-order valence-corrected chi connectivity index (χ2v) is 9.78. The summed E-state index contributed by atoms with van der Waals surface area (Å²) in [5, 5.41) is 3.35. The van der Waals surface area contributed by atoms with Crippen molar-refractivity contribution in [2.24, 2.45) is 5.92 Å². The molecule has 1 saturated carbocycles. The van der Waals surface area contributed by atoms with E-state index in [4.69, 9.17) is 16.3 Å². The second-order valence-electron chi connectivity index (χ2n) is 8.11. The van der Waals surface area contributed by atoms with Gasteiger partial charge in [-0.15, -0.1) is 0 Å². The SMILES string of the molecule is CC(=O)Cc1ccc(Cl)c(S(=O)NCCNCC(=O)OC2CCCC2)c1.CC(C)C.